The zero-order valence-electron chi connectivity index (χ0n) is 6.05. The highest BCUT2D eigenvalue weighted by Crippen LogP contribution is 2.20. The molecular formula is C9H5Br2O. The van der Waals surface area contributed by atoms with E-state index >= 15 is 0 Å². The minimum absolute atomic E-state index is 0.958. The van der Waals surface area contributed by atoms with Gasteiger partial charge in [-0.15, -0.1) is 0 Å². The molecular weight excluding hydrogens is 284 g/mol. The SMILES string of the molecule is O=[C]C=Cc1cc(Br)cc(Br)c1. The van der Waals surface area contributed by atoms with Crippen LogP contribution >= 0.6 is 31.9 Å². The van der Waals surface area contributed by atoms with E-state index in [1.807, 2.05) is 18.2 Å². The number of allylic oxidation sites excluding steroid dienone is 1. The highest BCUT2D eigenvalue weighted by Gasteiger charge is 1.93. The van der Waals surface area contributed by atoms with Crippen LogP contribution in [0.5, 0.6) is 0 Å². The van der Waals surface area contributed by atoms with E-state index < -0.39 is 0 Å². The van der Waals surface area contributed by atoms with E-state index in [4.69, 9.17) is 0 Å². The van der Waals surface area contributed by atoms with Gasteiger partial charge in [0.05, 0.1) is 0 Å². The lowest BCUT2D eigenvalue weighted by atomic mass is 10.2. The highest BCUT2D eigenvalue weighted by atomic mass is 79.9. The Balaban J connectivity index is 3.00. The molecule has 0 aliphatic heterocycles. The normalized spacial score (nSPS) is 10.5. The summed E-state index contributed by atoms with van der Waals surface area (Å²) in [7, 11) is 0. The van der Waals surface area contributed by atoms with E-state index in [1.165, 1.54) is 6.08 Å². The second kappa shape index (κ2) is 4.58. The van der Waals surface area contributed by atoms with Crippen molar-refractivity contribution in [2.75, 3.05) is 0 Å². The van der Waals surface area contributed by atoms with Gasteiger partial charge in [-0.3, -0.25) is 4.79 Å². The first-order valence-electron chi connectivity index (χ1n) is 3.22. The quantitative estimate of drug-likeness (QED) is 0.763. The lowest BCUT2D eigenvalue weighted by Crippen LogP contribution is -1.73. The van der Waals surface area contributed by atoms with Crippen LogP contribution in [0.2, 0.25) is 0 Å². The van der Waals surface area contributed by atoms with Gasteiger partial charge in [-0.25, -0.2) is 0 Å². The van der Waals surface area contributed by atoms with E-state index in [0.717, 1.165) is 14.5 Å². The topological polar surface area (TPSA) is 17.1 Å². The van der Waals surface area contributed by atoms with Crippen LogP contribution in [0.1, 0.15) is 5.56 Å². The molecule has 12 heavy (non-hydrogen) atoms. The van der Waals surface area contributed by atoms with Crippen LogP contribution in [0.3, 0.4) is 0 Å². The summed E-state index contributed by atoms with van der Waals surface area (Å²) in [5.74, 6) is 0. The predicted molar refractivity (Wildman–Crippen MR) is 56.6 cm³/mol. The maximum Gasteiger partial charge on any atom is 0.225 e. The molecule has 1 rings (SSSR count). The molecule has 0 spiro atoms. The third kappa shape index (κ3) is 2.91. The minimum Gasteiger partial charge on any atom is -0.286 e. The monoisotopic (exact) mass is 287 g/mol. The van der Waals surface area contributed by atoms with Gasteiger partial charge >= 0.3 is 0 Å². The van der Waals surface area contributed by atoms with Crippen molar-refractivity contribution < 1.29 is 4.79 Å². The van der Waals surface area contributed by atoms with Crippen LogP contribution in [0.15, 0.2) is 33.2 Å². The summed E-state index contributed by atoms with van der Waals surface area (Å²) in [6.07, 6.45) is 4.73. The van der Waals surface area contributed by atoms with Gasteiger partial charge in [0.15, 0.2) is 0 Å². The molecule has 0 unspecified atom stereocenters. The van der Waals surface area contributed by atoms with E-state index in [-0.39, 0.29) is 0 Å². The number of halogens is 2. The third-order valence-corrected chi connectivity index (χ3v) is 2.14. The Morgan fingerprint density at radius 2 is 1.75 bits per heavy atom. The Labute approximate surface area is 87.7 Å². The Kier molecular flexibility index (Phi) is 3.69. The van der Waals surface area contributed by atoms with Gasteiger partial charge < -0.3 is 0 Å². The minimum atomic E-state index is 0.958. The summed E-state index contributed by atoms with van der Waals surface area (Å²) in [6.45, 7) is 0. The lowest BCUT2D eigenvalue weighted by Gasteiger charge is -1.95. The molecule has 0 fully saturated rings. The lowest BCUT2D eigenvalue weighted by molar-refractivity contribution is 0.564. The van der Waals surface area contributed by atoms with E-state index in [9.17, 15) is 4.79 Å². The van der Waals surface area contributed by atoms with Crippen LogP contribution in [-0.2, 0) is 4.79 Å². The second-order valence-corrected chi connectivity index (χ2v) is 3.99. The maximum absolute atomic E-state index is 9.91. The number of hydrogen-bond donors (Lipinski definition) is 0. The number of hydrogen-bond acceptors (Lipinski definition) is 1. The maximum atomic E-state index is 9.91. The predicted octanol–water partition coefficient (Wildman–Crippen LogP) is 3.33. The summed E-state index contributed by atoms with van der Waals surface area (Å²) in [6, 6.07) is 5.76. The van der Waals surface area contributed by atoms with Crippen LogP contribution in [0.25, 0.3) is 6.08 Å². The summed E-state index contributed by atoms with van der Waals surface area (Å²) >= 11 is 6.68. The zero-order chi connectivity index (χ0) is 8.97. The smallest absolute Gasteiger partial charge is 0.225 e. The van der Waals surface area contributed by atoms with Crippen LogP contribution in [0.4, 0.5) is 0 Å². The van der Waals surface area contributed by atoms with E-state index in [2.05, 4.69) is 31.9 Å². The van der Waals surface area contributed by atoms with Crippen LogP contribution in [0, 0.1) is 0 Å². The molecule has 61 valence electrons. The van der Waals surface area contributed by atoms with E-state index in [1.54, 1.807) is 12.4 Å². The van der Waals surface area contributed by atoms with Crippen molar-refractivity contribution in [1.29, 1.82) is 0 Å². The van der Waals surface area contributed by atoms with Crippen LogP contribution < -0.4 is 0 Å². The van der Waals surface area contributed by atoms with Gasteiger partial charge in [-0.2, -0.15) is 0 Å². The molecule has 1 radical (unpaired) electrons. The summed E-state index contributed by atoms with van der Waals surface area (Å²) in [4.78, 5) is 9.91. The first kappa shape index (κ1) is 9.68. The van der Waals surface area contributed by atoms with Crippen molar-refractivity contribution in [3.05, 3.63) is 38.8 Å². The Morgan fingerprint density at radius 3 is 2.25 bits per heavy atom. The van der Waals surface area contributed by atoms with Crippen molar-refractivity contribution >= 4 is 44.2 Å². The molecule has 0 atom stereocenters. The molecule has 0 aliphatic carbocycles. The standard InChI is InChI=1S/C9H5Br2O/c10-8-4-7(2-1-3-12)5-9(11)6-8/h1-2,4-6H. The van der Waals surface area contributed by atoms with Gasteiger partial charge in [0.2, 0.25) is 6.29 Å². The Bertz CT molecular complexity index is 298. The van der Waals surface area contributed by atoms with Crippen molar-refractivity contribution in [2.45, 2.75) is 0 Å². The number of benzene rings is 1. The molecule has 0 saturated heterocycles. The molecule has 0 bridgehead atoms. The zero-order valence-corrected chi connectivity index (χ0v) is 9.22. The van der Waals surface area contributed by atoms with Gasteiger partial charge in [0.25, 0.3) is 0 Å². The van der Waals surface area contributed by atoms with Crippen molar-refractivity contribution in [2.24, 2.45) is 0 Å². The molecule has 1 aromatic rings. The Hall–Kier alpha value is -0.410. The molecule has 0 saturated carbocycles. The van der Waals surface area contributed by atoms with Crippen molar-refractivity contribution in [1.82, 2.24) is 0 Å². The molecule has 0 amide bonds. The molecule has 3 heteroatoms. The van der Waals surface area contributed by atoms with Crippen molar-refractivity contribution in [3.8, 4) is 0 Å². The van der Waals surface area contributed by atoms with Crippen LogP contribution in [-0.4, -0.2) is 6.29 Å². The van der Waals surface area contributed by atoms with Gasteiger partial charge in [0.1, 0.15) is 0 Å². The molecule has 0 aliphatic rings. The fourth-order valence-electron chi connectivity index (χ4n) is 0.802. The molecule has 0 aromatic heterocycles. The van der Waals surface area contributed by atoms with Crippen molar-refractivity contribution in [3.63, 3.8) is 0 Å². The Morgan fingerprint density at radius 1 is 1.17 bits per heavy atom. The average molecular weight is 289 g/mol. The first-order chi connectivity index (χ1) is 5.72. The first-order valence-corrected chi connectivity index (χ1v) is 4.81. The second-order valence-electron chi connectivity index (χ2n) is 2.15. The summed E-state index contributed by atoms with van der Waals surface area (Å²) in [5, 5.41) is 0. The number of carbonyl (C=O) groups excluding carboxylic acids is 1. The van der Waals surface area contributed by atoms with E-state index in [0.29, 0.717) is 0 Å². The fraction of sp³-hybridized carbons (Fsp3) is 0. The third-order valence-electron chi connectivity index (χ3n) is 1.23. The van der Waals surface area contributed by atoms with Gasteiger partial charge in [0, 0.05) is 8.95 Å². The molecule has 1 nitrogen and oxygen atoms in total. The molecule has 1 aromatic carbocycles. The number of rotatable bonds is 2. The van der Waals surface area contributed by atoms with Gasteiger partial charge in [-0.05, 0) is 29.8 Å². The molecule has 0 heterocycles. The fourth-order valence-corrected chi connectivity index (χ4v) is 2.13. The van der Waals surface area contributed by atoms with Gasteiger partial charge in [-0.1, -0.05) is 37.9 Å². The largest absolute Gasteiger partial charge is 0.286 e. The summed E-state index contributed by atoms with van der Waals surface area (Å²) < 4.78 is 1.95. The molecule has 0 N–H and O–H groups in total. The summed E-state index contributed by atoms with van der Waals surface area (Å²) in [5.41, 5.74) is 0.958. The highest BCUT2D eigenvalue weighted by molar-refractivity contribution is 9.11. The average Bonchev–Trinajstić information content (AvgIpc) is 1.99.